The van der Waals surface area contributed by atoms with Crippen molar-refractivity contribution in [2.75, 3.05) is 0 Å². The van der Waals surface area contributed by atoms with Gasteiger partial charge in [-0.15, -0.1) is 0 Å². The van der Waals surface area contributed by atoms with E-state index in [1.807, 2.05) is 32.0 Å². The van der Waals surface area contributed by atoms with Crippen LogP contribution in [-0.4, -0.2) is 5.91 Å². The minimum Gasteiger partial charge on any atom is -0.302 e. The number of rotatable bonds is 3. The van der Waals surface area contributed by atoms with Crippen LogP contribution >= 0.6 is 0 Å². The molecule has 3 heteroatoms. The molecule has 3 rings (SSSR count). The average Bonchev–Trinajstić information content (AvgIpc) is 2.71. The second-order valence-electron chi connectivity index (χ2n) is 5.37. The van der Waals surface area contributed by atoms with Crippen LogP contribution < -0.4 is 10.9 Å². The van der Waals surface area contributed by atoms with E-state index < -0.39 is 0 Å². The van der Waals surface area contributed by atoms with Crippen molar-refractivity contribution in [1.82, 2.24) is 10.9 Å². The van der Waals surface area contributed by atoms with E-state index >= 15 is 0 Å². The number of nitrogens with one attached hydrogen (secondary N) is 2. The summed E-state index contributed by atoms with van der Waals surface area (Å²) in [5, 5.41) is 0. The third kappa shape index (κ3) is 2.16. The van der Waals surface area contributed by atoms with Crippen LogP contribution in [0.5, 0.6) is 0 Å². The van der Waals surface area contributed by atoms with Crippen molar-refractivity contribution in [2.24, 2.45) is 5.92 Å². The van der Waals surface area contributed by atoms with Gasteiger partial charge in [-0.25, -0.2) is 0 Å². The Morgan fingerprint density at radius 2 is 2.16 bits per heavy atom. The summed E-state index contributed by atoms with van der Waals surface area (Å²) in [6.07, 6.45) is 6.53. The molecule has 3 nitrogen and oxygen atoms in total. The Hall–Kier alpha value is -2.03. The minimum absolute atomic E-state index is 0.0731. The standard InChI is InChI=1S/C16H18N2O/c1-10-6-7-13(11(2)8-10)16(19)18-17-15-9-12-4-3-5-14(12)15/h3,5-8,12,17H,4,9H2,1-2H3,(H,18,19). The smallest absolute Gasteiger partial charge is 0.269 e. The fourth-order valence-electron chi connectivity index (χ4n) is 2.79. The first kappa shape index (κ1) is 12.0. The zero-order valence-electron chi connectivity index (χ0n) is 11.3. The molecule has 2 aliphatic carbocycles. The van der Waals surface area contributed by atoms with Gasteiger partial charge in [-0.1, -0.05) is 29.8 Å². The van der Waals surface area contributed by atoms with E-state index in [0.717, 1.165) is 29.7 Å². The van der Waals surface area contributed by atoms with Crippen molar-refractivity contribution in [1.29, 1.82) is 0 Å². The van der Waals surface area contributed by atoms with Crippen LogP contribution in [0.25, 0.3) is 0 Å². The van der Waals surface area contributed by atoms with Gasteiger partial charge < -0.3 is 5.43 Å². The van der Waals surface area contributed by atoms with Crippen LogP contribution in [0, 0.1) is 19.8 Å². The van der Waals surface area contributed by atoms with Gasteiger partial charge in [-0.2, -0.15) is 0 Å². The highest BCUT2D eigenvalue weighted by atomic mass is 16.2. The molecule has 0 bridgehead atoms. The van der Waals surface area contributed by atoms with Gasteiger partial charge in [0.25, 0.3) is 5.91 Å². The van der Waals surface area contributed by atoms with E-state index in [1.54, 1.807) is 0 Å². The second-order valence-corrected chi connectivity index (χ2v) is 5.37. The molecule has 1 amide bonds. The highest BCUT2D eigenvalue weighted by molar-refractivity contribution is 5.95. The highest BCUT2D eigenvalue weighted by Gasteiger charge is 2.30. The molecule has 2 aliphatic rings. The minimum atomic E-state index is -0.0731. The summed E-state index contributed by atoms with van der Waals surface area (Å²) in [5.74, 6) is 0.608. The highest BCUT2D eigenvalue weighted by Crippen LogP contribution is 2.40. The van der Waals surface area contributed by atoms with Crippen LogP contribution in [0.1, 0.15) is 34.3 Å². The fourth-order valence-corrected chi connectivity index (χ4v) is 2.79. The molecular formula is C16H18N2O. The van der Waals surface area contributed by atoms with Gasteiger partial charge in [0.1, 0.15) is 0 Å². The van der Waals surface area contributed by atoms with Gasteiger partial charge in [0.2, 0.25) is 0 Å². The molecular weight excluding hydrogens is 236 g/mol. The van der Waals surface area contributed by atoms with Gasteiger partial charge in [0.05, 0.1) is 0 Å². The SMILES string of the molecule is Cc1ccc(C(=O)NNC2=C3C=CCC3C2)c(C)c1. The number of fused-ring (bicyclic) bond motifs is 1. The van der Waals surface area contributed by atoms with Gasteiger partial charge >= 0.3 is 0 Å². The van der Waals surface area contributed by atoms with Gasteiger partial charge in [0.15, 0.2) is 0 Å². The zero-order chi connectivity index (χ0) is 13.4. The largest absolute Gasteiger partial charge is 0.302 e. The quantitative estimate of drug-likeness (QED) is 0.814. The van der Waals surface area contributed by atoms with Gasteiger partial charge in [0, 0.05) is 11.3 Å². The Morgan fingerprint density at radius 1 is 1.32 bits per heavy atom. The number of hydrazine groups is 1. The normalized spacial score (nSPS) is 20.0. The molecule has 19 heavy (non-hydrogen) atoms. The molecule has 0 aromatic heterocycles. The lowest BCUT2D eigenvalue weighted by molar-refractivity contribution is 0.0936. The molecule has 0 saturated carbocycles. The first-order valence-electron chi connectivity index (χ1n) is 6.68. The number of hydrogen-bond donors (Lipinski definition) is 2. The molecule has 1 unspecified atom stereocenters. The molecule has 0 aliphatic heterocycles. The summed E-state index contributed by atoms with van der Waals surface area (Å²) in [6, 6.07) is 5.86. The van der Waals surface area contributed by atoms with E-state index in [0.29, 0.717) is 5.92 Å². The van der Waals surface area contributed by atoms with Crippen LogP contribution in [0.15, 0.2) is 41.6 Å². The number of allylic oxidation sites excluding steroid dienone is 4. The summed E-state index contributed by atoms with van der Waals surface area (Å²) < 4.78 is 0. The Morgan fingerprint density at radius 3 is 2.89 bits per heavy atom. The predicted molar refractivity (Wildman–Crippen MR) is 75.4 cm³/mol. The molecule has 0 saturated heterocycles. The lowest BCUT2D eigenvalue weighted by Gasteiger charge is -2.28. The monoisotopic (exact) mass is 254 g/mol. The maximum atomic E-state index is 12.1. The third-order valence-corrected chi connectivity index (χ3v) is 3.91. The number of hydrogen-bond acceptors (Lipinski definition) is 2. The Kier molecular flexibility index (Phi) is 2.90. The Balaban J connectivity index is 1.66. The number of amides is 1. The van der Waals surface area contributed by atoms with E-state index in [-0.39, 0.29) is 5.91 Å². The molecule has 0 radical (unpaired) electrons. The van der Waals surface area contributed by atoms with Crippen molar-refractivity contribution in [3.63, 3.8) is 0 Å². The molecule has 2 N–H and O–H groups in total. The molecule has 1 atom stereocenters. The third-order valence-electron chi connectivity index (χ3n) is 3.91. The summed E-state index contributed by atoms with van der Waals surface area (Å²) in [4.78, 5) is 12.1. The van der Waals surface area contributed by atoms with E-state index in [2.05, 4.69) is 23.0 Å². The summed E-state index contributed by atoms with van der Waals surface area (Å²) in [7, 11) is 0. The van der Waals surface area contributed by atoms with Crippen molar-refractivity contribution in [3.8, 4) is 0 Å². The number of aryl methyl sites for hydroxylation is 2. The molecule has 98 valence electrons. The molecule has 1 aromatic carbocycles. The van der Waals surface area contributed by atoms with Crippen LogP contribution in [0.2, 0.25) is 0 Å². The topological polar surface area (TPSA) is 41.1 Å². The molecule has 1 aromatic rings. The lowest BCUT2D eigenvalue weighted by atomic mass is 9.84. The van der Waals surface area contributed by atoms with Crippen molar-refractivity contribution < 1.29 is 4.79 Å². The number of carbonyl (C=O) groups excluding carboxylic acids is 1. The lowest BCUT2D eigenvalue weighted by Crippen LogP contribution is -2.40. The number of carbonyl (C=O) groups is 1. The van der Waals surface area contributed by atoms with Crippen LogP contribution in [0.3, 0.4) is 0 Å². The van der Waals surface area contributed by atoms with Crippen molar-refractivity contribution in [3.05, 3.63) is 58.3 Å². The molecule has 0 fully saturated rings. The summed E-state index contributed by atoms with van der Waals surface area (Å²) in [5.41, 5.74) is 11.2. The zero-order valence-corrected chi connectivity index (χ0v) is 11.3. The summed E-state index contributed by atoms with van der Waals surface area (Å²) in [6.45, 7) is 3.99. The fraction of sp³-hybridized carbons (Fsp3) is 0.312. The van der Waals surface area contributed by atoms with Gasteiger partial charge in [-0.3, -0.25) is 10.2 Å². The number of benzene rings is 1. The maximum Gasteiger partial charge on any atom is 0.269 e. The van der Waals surface area contributed by atoms with Crippen LogP contribution in [0.4, 0.5) is 0 Å². The van der Waals surface area contributed by atoms with E-state index in [4.69, 9.17) is 0 Å². The Bertz CT molecular complexity index is 599. The molecule has 0 spiro atoms. The van der Waals surface area contributed by atoms with Crippen molar-refractivity contribution in [2.45, 2.75) is 26.7 Å². The predicted octanol–water partition coefficient (Wildman–Crippen LogP) is 2.77. The first-order chi connectivity index (χ1) is 9.15. The second kappa shape index (κ2) is 4.57. The van der Waals surface area contributed by atoms with E-state index in [1.165, 1.54) is 11.1 Å². The maximum absolute atomic E-state index is 12.1. The first-order valence-corrected chi connectivity index (χ1v) is 6.68. The van der Waals surface area contributed by atoms with Crippen LogP contribution in [-0.2, 0) is 0 Å². The Labute approximate surface area is 113 Å². The van der Waals surface area contributed by atoms with Gasteiger partial charge in [-0.05, 0) is 49.8 Å². The molecule has 0 heterocycles. The van der Waals surface area contributed by atoms with E-state index in [9.17, 15) is 4.79 Å². The average molecular weight is 254 g/mol. The summed E-state index contributed by atoms with van der Waals surface area (Å²) >= 11 is 0. The van der Waals surface area contributed by atoms with Crippen molar-refractivity contribution >= 4 is 5.91 Å².